The Hall–Kier alpha value is -7.28. The highest BCUT2D eigenvalue weighted by atomic mass is 14.5. The Labute approximate surface area is 356 Å². The summed E-state index contributed by atoms with van der Waals surface area (Å²) in [5.41, 5.74) is 13.4. The molecule has 0 N–H and O–H groups in total. The Morgan fingerprint density at radius 2 is 0.672 bits per heavy atom. The molecule has 1 aliphatic carbocycles. The van der Waals surface area contributed by atoms with E-state index >= 15 is 0 Å². The minimum atomic E-state index is -0.222. The van der Waals surface area contributed by atoms with E-state index in [1.807, 2.05) is 0 Å². The van der Waals surface area contributed by atoms with Gasteiger partial charge in [-0.05, 0) is 170 Å². The lowest BCUT2D eigenvalue weighted by Gasteiger charge is -2.33. The third kappa shape index (κ3) is 5.25. The Kier molecular flexibility index (Phi) is 7.57. The van der Waals surface area contributed by atoms with Crippen LogP contribution in [0, 0.1) is 0 Å². The average molecular weight is 775 g/mol. The van der Waals surface area contributed by atoms with Crippen molar-refractivity contribution in [2.45, 2.75) is 31.1 Å². The van der Waals surface area contributed by atoms with Crippen LogP contribution in [0.2, 0.25) is 0 Å². The van der Waals surface area contributed by atoms with Gasteiger partial charge in [-0.15, -0.1) is 0 Å². The van der Waals surface area contributed by atoms with E-state index < -0.39 is 0 Å². The molecule has 0 radical (unpaired) electrons. The Morgan fingerprint density at radius 1 is 0.279 bits per heavy atom. The molecule has 0 atom stereocenters. The standard InChI is InChI=1S/C61H42/c1-3-11-39(12-4-1)31-33-61(34-32-40-13-5-2-6-14-40)55-37-45(53-35-47-19-7-15-41-23-25-43-17-9-21-51(53)59(43)57(41)47)27-29-49(55)50-30-28-46(38-56(50)61)54-36-48-20-8-16-42-24-26-44-18-10-22-52(54)60(44)58(42)48/h1-30,35-38H,31-34H2. The number of aryl methyl sites for hydroxylation is 2. The summed E-state index contributed by atoms with van der Waals surface area (Å²) >= 11 is 0. The van der Waals surface area contributed by atoms with Crippen LogP contribution in [0.4, 0.5) is 0 Å². The number of rotatable bonds is 8. The summed E-state index contributed by atoms with van der Waals surface area (Å²) in [5, 5.41) is 15.9. The van der Waals surface area contributed by atoms with Gasteiger partial charge < -0.3 is 0 Å². The molecule has 1 aliphatic rings. The van der Waals surface area contributed by atoms with Gasteiger partial charge in [0, 0.05) is 5.41 Å². The van der Waals surface area contributed by atoms with Gasteiger partial charge in [0.05, 0.1) is 0 Å². The highest BCUT2D eigenvalue weighted by Crippen LogP contribution is 2.56. The van der Waals surface area contributed by atoms with E-state index in [0.29, 0.717) is 0 Å². The Balaban J connectivity index is 1.06. The molecule has 12 aromatic rings. The lowest BCUT2D eigenvalue weighted by atomic mass is 9.69. The third-order valence-corrected chi connectivity index (χ3v) is 14.4. The van der Waals surface area contributed by atoms with Gasteiger partial charge in [0.25, 0.3) is 0 Å². The normalized spacial score (nSPS) is 13.3. The van der Waals surface area contributed by atoms with Crippen LogP contribution in [0.3, 0.4) is 0 Å². The molecule has 0 saturated carbocycles. The summed E-state index contributed by atoms with van der Waals surface area (Å²) in [6.07, 6.45) is 4.03. The van der Waals surface area contributed by atoms with Crippen molar-refractivity contribution in [2.24, 2.45) is 0 Å². The summed E-state index contributed by atoms with van der Waals surface area (Å²) in [6.45, 7) is 0. The molecule has 0 nitrogen and oxygen atoms in total. The summed E-state index contributed by atoms with van der Waals surface area (Å²) in [7, 11) is 0. The molecule has 0 amide bonds. The molecule has 0 heteroatoms. The monoisotopic (exact) mass is 774 g/mol. The quantitative estimate of drug-likeness (QED) is 0.135. The molecular formula is C61H42. The van der Waals surface area contributed by atoms with Crippen molar-refractivity contribution in [1.82, 2.24) is 0 Å². The molecule has 0 saturated heterocycles. The van der Waals surface area contributed by atoms with Gasteiger partial charge in [-0.1, -0.05) is 182 Å². The zero-order valence-corrected chi connectivity index (χ0v) is 34.0. The van der Waals surface area contributed by atoms with E-state index in [-0.39, 0.29) is 5.41 Å². The van der Waals surface area contributed by atoms with Gasteiger partial charge in [0.15, 0.2) is 0 Å². The summed E-state index contributed by atoms with van der Waals surface area (Å²) in [5.74, 6) is 0. The minimum Gasteiger partial charge on any atom is -0.0622 e. The van der Waals surface area contributed by atoms with Crippen molar-refractivity contribution in [1.29, 1.82) is 0 Å². The lowest BCUT2D eigenvalue weighted by molar-refractivity contribution is 0.446. The first-order chi connectivity index (χ1) is 30.2. The summed E-state index contributed by atoms with van der Waals surface area (Å²) < 4.78 is 0. The molecule has 0 bridgehead atoms. The molecule has 0 unspecified atom stereocenters. The fraction of sp³-hybridized carbons (Fsp3) is 0.0820. The Morgan fingerprint density at radius 3 is 1.11 bits per heavy atom. The highest BCUT2D eigenvalue weighted by molar-refractivity contribution is 6.27. The van der Waals surface area contributed by atoms with Crippen LogP contribution in [0.5, 0.6) is 0 Å². The topological polar surface area (TPSA) is 0 Å². The van der Waals surface area contributed by atoms with Crippen LogP contribution in [-0.2, 0) is 18.3 Å². The van der Waals surface area contributed by atoms with E-state index in [0.717, 1.165) is 25.7 Å². The Bertz CT molecular complexity index is 3390. The first-order valence-corrected chi connectivity index (χ1v) is 21.9. The van der Waals surface area contributed by atoms with Crippen molar-refractivity contribution in [3.63, 3.8) is 0 Å². The summed E-state index contributed by atoms with van der Waals surface area (Å²) in [6, 6.07) is 78.5. The van der Waals surface area contributed by atoms with Crippen molar-refractivity contribution in [3.05, 3.63) is 229 Å². The van der Waals surface area contributed by atoms with Gasteiger partial charge in [-0.2, -0.15) is 0 Å². The molecule has 0 spiro atoms. The average Bonchev–Trinajstić information content (AvgIpc) is 3.59. The van der Waals surface area contributed by atoms with Crippen LogP contribution in [0.1, 0.15) is 35.1 Å². The molecule has 12 aromatic carbocycles. The van der Waals surface area contributed by atoms with Crippen molar-refractivity contribution >= 4 is 64.6 Å². The predicted octanol–water partition coefficient (Wildman–Crippen LogP) is 16.3. The maximum Gasteiger partial charge on any atom is 0.0222 e. The molecule has 286 valence electrons. The molecule has 0 heterocycles. The number of fused-ring (bicyclic) bond motifs is 3. The van der Waals surface area contributed by atoms with E-state index in [4.69, 9.17) is 0 Å². The second-order valence-electron chi connectivity index (χ2n) is 17.5. The van der Waals surface area contributed by atoms with Crippen molar-refractivity contribution in [3.8, 4) is 33.4 Å². The maximum absolute atomic E-state index is 2.60. The second kappa shape index (κ2) is 13.4. The van der Waals surface area contributed by atoms with Crippen LogP contribution >= 0.6 is 0 Å². The van der Waals surface area contributed by atoms with E-state index in [1.54, 1.807) is 0 Å². The lowest BCUT2D eigenvalue weighted by Crippen LogP contribution is -2.27. The van der Waals surface area contributed by atoms with E-state index in [2.05, 4.69) is 206 Å². The molecule has 0 fully saturated rings. The third-order valence-electron chi connectivity index (χ3n) is 14.4. The number of benzene rings is 12. The molecule has 0 aromatic heterocycles. The largest absolute Gasteiger partial charge is 0.0622 e. The fourth-order valence-electron chi connectivity index (χ4n) is 11.5. The molecule has 13 rings (SSSR count). The minimum absolute atomic E-state index is 0.222. The number of hydrogen-bond donors (Lipinski definition) is 0. The second-order valence-corrected chi connectivity index (χ2v) is 17.5. The predicted molar refractivity (Wildman–Crippen MR) is 260 cm³/mol. The molecular weight excluding hydrogens is 733 g/mol. The highest BCUT2D eigenvalue weighted by Gasteiger charge is 2.43. The first-order valence-electron chi connectivity index (χ1n) is 21.9. The molecule has 0 aliphatic heterocycles. The smallest absolute Gasteiger partial charge is 0.0222 e. The van der Waals surface area contributed by atoms with Crippen molar-refractivity contribution in [2.75, 3.05) is 0 Å². The SMILES string of the molecule is c1ccc(CCC2(CCc3ccccc3)c3cc(-c4cc5cccc6ccc7cccc4c7c65)ccc3-c3ccc(-c4cc5cccc6ccc7cccc4c7c65)cc32)cc1. The van der Waals surface area contributed by atoms with Crippen LogP contribution in [0.15, 0.2) is 206 Å². The van der Waals surface area contributed by atoms with Gasteiger partial charge in [-0.3, -0.25) is 0 Å². The van der Waals surface area contributed by atoms with E-state index in [9.17, 15) is 0 Å². The zero-order valence-electron chi connectivity index (χ0n) is 34.0. The van der Waals surface area contributed by atoms with Gasteiger partial charge in [0.2, 0.25) is 0 Å². The van der Waals surface area contributed by atoms with Crippen LogP contribution < -0.4 is 0 Å². The van der Waals surface area contributed by atoms with Gasteiger partial charge in [-0.25, -0.2) is 0 Å². The van der Waals surface area contributed by atoms with Crippen LogP contribution in [0.25, 0.3) is 98.0 Å². The first kappa shape index (κ1) is 34.6. The zero-order chi connectivity index (χ0) is 40.1. The fourth-order valence-corrected chi connectivity index (χ4v) is 11.5. The van der Waals surface area contributed by atoms with Crippen molar-refractivity contribution < 1.29 is 0 Å². The van der Waals surface area contributed by atoms with E-state index in [1.165, 1.54) is 120 Å². The van der Waals surface area contributed by atoms with Crippen LogP contribution in [-0.4, -0.2) is 0 Å². The molecule has 61 heavy (non-hydrogen) atoms. The summed E-state index contributed by atoms with van der Waals surface area (Å²) in [4.78, 5) is 0. The maximum atomic E-state index is 2.60. The van der Waals surface area contributed by atoms with Gasteiger partial charge >= 0.3 is 0 Å². The number of hydrogen-bond acceptors (Lipinski definition) is 0. The van der Waals surface area contributed by atoms with Gasteiger partial charge in [0.1, 0.15) is 0 Å².